The summed E-state index contributed by atoms with van der Waals surface area (Å²) in [6.45, 7) is 5.52. The van der Waals surface area contributed by atoms with Crippen LogP contribution in [0, 0.1) is 12.8 Å². The van der Waals surface area contributed by atoms with Crippen LogP contribution in [0.3, 0.4) is 0 Å². The molecular weight excluding hydrogens is 332 g/mol. The molecule has 0 aromatic heterocycles. The van der Waals surface area contributed by atoms with Gasteiger partial charge < -0.3 is 5.32 Å². The summed E-state index contributed by atoms with van der Waals surface area (Å²) >= 11 is 6.14. The highest BCUT2D eigenvalue weighted by molar-refractivity contribution is 6.31. The quantitative estimate of drug-likeness (QED) is 0.871. The van der Waals surface area contributed by atoms with Gasteiger partial charge in [0.05, 0.1) is 0 Å². The average molecular weight is 357 g/mol. The summed E-state index contributed by atoms with van der Waals surface area (Å²) in [6, 6.07) is 16.3. The third kappa shape index (κ3) is 5.07. The predicted molar refractivity (Wildman–Crippen MR) is 102 cm³/mol. The Balaban J connectivity index is 1.44. The molecule has 0 atom stereocenters. The van der Waals surface area contributed by atoms with Gasteiger partial charge in [-0.05, 0) is 50.0 Å². The van der Waals surface area contributed by atoms with Crippen LogP contribution in [-0.4, -0.2) is 23.9 Å². The molecule has 2 aromatic rings. The van der Waals surface area contributed by atoms with Crippen molar-refractivity contribution in [1.29, 1.82) is 0 Å². The van der Waals surface area contributed by atoms with Crippen molar-refractivity contribution < 1.29 is 4.79 Å². The molecular formula is C21H25ClN2O. The minimum atomic E-state index is 0.108. The van der Waals surface area contributed by atoms with E-state index in [2.05, 4.69) is 41.4 Å². The second kappa shape index (κ2) is 8.50. The number of nitrogens with one attached hydrogen (secondary N) is 1. The van der Waals surface area contributed by atoms with E-state index in [1.54, 1.807) is 0 Å². The Kier molecular flexibility index (Phi) is 6.11. The first-order valence-corrected chi connectivity index (χ1v) is 9.28. The highest BCUT2D eigenvalue weighted by Crippen LogP contribution is 2.20. The van der Waals surface area contributed by atoms with Crippen LogP contribution in [0.2, 0.25) is 5.02 Å². The number of aryl methyl sites for hydroxylation is 1. The molecule has 0 saturated carbocycles. The van der Waals surface area contributed by atoms with E-state index in [1.165, 1.54) is 11.1 Å². The maximum Gasteiger partial charge on any atom is 0.223 e. The number of carbonyl (C=O) groups is 1. The van der Waals surface area contributed by atoms with Crippen LogP contribution >= 0.6 is 11.6 Å². The molecule has 1 fully saturated rings. The zero-order chi connectivity index (χ0) is 17.6. The van der Waals surface area contributed by atoms with E-state index in [0.29, 0.717) is 11.6 Å². The van der Waals surface area contributed by atoms with Gasteiger partial charge in [-0.15, -0.1) is 0 Å². The molecule has 0 bridgehead atoms. The maximum absolute atomic E-state index is 12.4. The number of rotatable bonds is 5. The van der Waals surface area contributed by atoms with Gasteiger partial charge in [0.2, 0.25) is 5.91 Å². The van der Waals surface area contributed by atoms with E-state index in [0.717, 1.165) is 38.0 Å². The van der Waals surface area contributed by atoms with E-state index >= 15 is 0 Å². The number of halogens is 1. The first-order valence-electron chi connectivity index (χ1n) is 8.91. The second-order valence-electron chi connectivity index (χ2n) is 6.85. The van der Waals surface area contributed by atoms with Gasteiger partial charge in [-0.25, -0.2) is 0 Å². The van der Waals surface area contributed by atoms with Gasteiger partial charge in [0.1, 0.15) is 0 Å². The molecule has 3 rings (SSSR count). The number of benzene rings is 2. The lowest BCUT2D eigenvalue weighted by molar-refractivity contribution is -0.126. The van der Waals surface area contributed by atoms with E-state index in [9.17, 15) is 4.79 Å². The van der Waals surface area contributed by atoms with Crippen LogP contribution < -0.4 is 5.32 Å². The summed E-state index contributed by atoms with van der Waals surface area (Å²) in [6.07, 6.45) is 1.83. The zero-order valence-corrected chi connectivity index (χ0v) is 15.4. The van der Waals surface area contributed by atoms with Crippen LogP contribution in [0.1, 0.15) is 29.5 Å². The largest absolute Gasteiger partial charge is 0.352 e. The molecule has 1 N–H and O–H groups in total. The Morgan fingerprint density at radius 3 is 2.48 bits per heavy atom. The molecule has 1 saturated heterocycles. The molecule has 1 aliphatic heterocycles. The van der Waals surface area contributed by atoms with Crippen molar-refractivity contribution in [2.24, 2.45) is 5.92 Å². The normalized spacial score (nSPS) is 15.9. The number of amides is 1. The number of nitrogens with zero attached hydrogens (tertiary/aromatic N) is 1. The fourth-order valence-corrected chi connectivity index (χ4v) is 3.48. The summed E-state index contributed by atoms with van der Waals surface area (Å²) in [5.41, 5.74) is 3.60. The van der Waals surface area contributed by atoms with Crippen molar-refractivity contribution in [2.45, 2.75) is 32.9 Å². The number of piperidine rings is 1. The van der Waals surface area contributed by atoms with Crippen LogP contribution in [0.25, 0.3) is 0 Å². The Morgan fingerprint density at radius 2 is 1.80 bits per heavy atom. The molecule has 2 aromatic carbocycles. The first kappa shape index (κ1) is 18.0. The minimum Gasteiger partial charge on any atom is -0.352 e. The summed E-state index contributed by atoms with van der Waals surface area (Å²) in [5, 5.41) is 3.74. The van der Waals surface area contributed by atoms with E-state index in [4.69, 9.17) is 11.6 Å². The smallest absolute Gasteiger partial charge is 0.223 e. The molecule has 0 spiro atoms. The van der Waals surface area contributed by atoms with Crippen molar-refractivity contribution in [2.75, 3.05) is 13.1 Å². The predicted octanol–water partition coefficient (Wildman–Crippen LogP) is 4.18. The average Bonchev–Trinajstić information content (AvgIpc) is 2.63. The molecule has 132 valence electrons. The second-order valence-corrected chi connectivity index (χ2v) is 7.25. The zero-order valence-electron chi connectivity index (χ0n) is 14.7. The third-order valence-electron chi connectivity index (χ3n) is 4.90. The van der Waals surface area contributed by atoms with E-state index in [-0.39, 0.29) is 11.8 Å². The lowest BCUT2D eigenvalue weighted by Crippen LogP contribution is -2.40. The van der Waals surface area contributed by atoms with Crippen LogP contribution in [0.5, 0.6) is 0 Å². The molecule has 3 nitrogen and oxygen atoms in total. The minimum absolute atomic E-state index is 0.108. The Morgan fingerprint density at radius 1 is 1.12 bits per heavy atom. The lowest BCUT2D eigenvalue weighted by Gasteiger charge is -2.31. The van der Waals surface area contributed by atoms with E-state index in [1.807, 2.05) is 24.3 Å². The van der Waals surface area contributed by atoms with Crippen molar-refractivity contribution in [1.82, 2.24) is 10.2 Å². The maximum atomic E-state index is 12.4. The van der Waals surface area contributed by atoms with Gasteiger partial charge in [0.25, 0.3) is 0 Å². The highest BCUT2D eigenvalue weighted by atomic mass is 35.5. The van der Waals surface area contributed by atoms with Crippen molar-refractivity contribution >= 4 is 17.5 Å². The van der Waals surface area contributed by atoms with Crippen LogP contribution in [0.15, 0.2) is 48.5 Å². The number of carbonyl (C=O) groups excluding carboxylic acids is 1. The number of likely N-dealkylation sites (tertiary alicyclic amines) is 1. The van der Waals surface area contributed by atoms with Gasteiger partial charge in [-0.3, -0.25) is 9.69 Å². The summed E-state index contributed by atoms with van der Waals surface area (Å²) in [7, 11) is 0. The summed E-state index contributed by atoms with van der Waals surface area (Å²) in [5.74, 6) is 0.256. The SMILES string of the molecule is Cc1ccc(CN2CCC(C(=O)NCc3ccccc3Cl)CC2)cc1. The third-order valence-corrected chi connectivity index (χ3v) is 5.26. The standard InChI is InChI=1S/C21H25ClN2O/c1-16-6-8-17(9-7-16)15-24-12-10-18(11-13-24)21(25)23-14-19-4-2-3-5-20(19)22/h2-9,18H,10-15H2,1H3,(H,23,25). The van der Waals surface area contributed by atoms with Gasteiger partial charge in [-0.1, -0.05) is 59.6 Å². The van der Waals surface area contributed by atoms with Crippen LogP contribution in [-0.2, 0) is 17.9 Å². The van der Waals surface area contributed by atoms with Crippen LogP contribution in [0.4, 0.5) is 0 Å². The Bertz CT molecular complexity index is 706. The van der Waals surface area contributed by atoms with Gasteiger partial charge in [0.15, 0.2) is 0 Å². The van der Waals surface area contributed by atoms with Crippen molar-refractivity contribution in [3.63, 3.8) is 0 Å². The molecule has 1 heterocycles. The first-order chi connectivity index (χ1) is 12.1. The van der Waals surface area contributed by atoms with Gasteiger partial charge in [-0.2, -0.15) is 0 Å². The monoisotopic (exact) mass is 356 g/mol. The number of hydrogen-bond donors (Lipinski definition) is 1. The fraction of sp³-hybridized carbons (Fsp3) is 0.381. The molecule has 0 aliphatic carbocycles. The summed E-state index contributed by atoms with van der Waals surface area (Å²) in [4.78, 5) is 14.8. The van der Waals surface area contributed by atoms with Gasteiger partial charge >= 0.3 is 0 Å². The summed E-state index contributed by atoms with van der Waals surface area (Å²) < 4.78 is 0. The molecule has 1 aliphatic rings. The molecule has 25 heavy (non-hydrogen) atoms. The number of hydrogen-bond acceptors (Lipinski definition) is 2. The molecule has 1 amide bonds. The molecule has 0 unspecified atom stereocenters. The Labute approximate surface area is 155 Å². The molecule has 4 heteroatoms. The van der Waals surface area contributed by atoms with E-state index < -0.39 is 0 Å². The fourth-order valence-electron chi connectivity index (χ4n) is 3.27. The highest BCUT2D eigenvalue weighted by Gasteiger charge is 2.24. The lowest BCUT2D eigenvalue weighted by atomic mass is 9.95. The molecule has 0 radical (unpaired) electrons. The van der Waals surface area contributed by atoms with Crippen molar-refractivity contribution in [3.8, 4) is 0 Å². The van der Waals surface area contributed by atoms with Crippen molar-refractivity contribution in [3.05, 3.63) is 70.2 Å². The topological polar surface area (TPSA) is 32.3 Å². The Hall–Kier alpha value is -1.84. The van der Waals surface area contributed by atoms with Gasteiger partial charge in [0, 0.05) is 24.0 Å².